The first kappa shape index (κ1) is 9.71. The molecule has 15 heavy (non-hydrogen) atoms. The Morgan fingerprint density at radius 3 is 2.87 bits per heavy atom. The van der Waals surface area contributed by atoms with Gasteiger partial charge in [-0.3, -0.25) is 0 Å². The van der Waals surface area contributed by atoms with E-state index in [2.05, 4.69) is 4.98 Å². The molecule has 0 unspecified atom stereocenters. The molecule has 4 heteroatoms. The number of H-pyrrole nitrogens is 1. The van der Waals surface area contributed by atoms with Crippen molar-refractivity contribution in [1.82, 2.24) is 4.98 Å². The number of hydrogen-bond donors (Lipinski definition) is 2. The van der Waals surface area contributed by atoms with E-state index < -0.39 is 11.8 Å². The lowest BCUT2D eigenvalue weighted by Crippen LogP contribution is -1.95. The first-order valence-electron chi connectivity index (χ1n) is 4.67. The molecule has 78 valence electrons. The molecule has 1 aromatic carbocycles. The van der Waals surface area contributed by atoms with Crippen molar-refractivity contribution in [2.75, 3.05) is 0 Å². The summed E-state index contributed by atoms with van der Waals surface area (Å²) in [5.41, 5.74) is 1.48. The average molecular weight is 207 g/mol. The van der Waals surface area contributed by atoms with Crippen LogP contribution in [0.5, 0.6) is 0 Å². The molecular weight excluding hydrogens is 197 g/mol. The summed E-state index contributed by atoms with van der Waals surface area (Å²) in [6, 6.07) is 2.97. The van der Waals surface area contributed by atoms with Crippen molar-refractivity contribution in [2.45, 2.75) is 13.3 Å². The molecule has 0 fully saturated rings. The molecule has 1 heterocycles. The molecule has 0 saturated heterocycles. The van der Waals surface area contributed by atoms with E-state index >= 15 is 0 Å². The average Bonchev–Trinajstić information content (AvgIpc) is 2.63. The maximum absolute atomic E-state index is 13.5. The first-order chi connectivity index (χ1) is 7.15. The number of aromatic carboxylic acids is 1. The van der Waals surface area contributed by atoms with Crippen LogP contribution in [-0.2, 0) is 6.42 Å². The number of carbonyl (C=O) groups is 1. The van der Waals surface area contributed by atoms with Crippen LogP contribution >= 0.6 is 0 Å². The van der Waals surface area contributed by atoms with E-state index in [0.29, 0.717) is 5.52 Å². The molecule has 0 atom stereocenters. The van der Waals surface area contributed by atoms with Crippen LogP contribution in [0.25, 0.3) is 10.9 Å². The Balaban J connectivity index is 2.84. The van der Waals surface area contributed by atoms with Gasteiger partial charge >= 0.3 is 5.97 Å². The van der Waals surface area contributed by atoms with Gasteiger partial charge in [-0.2, -0.15) is 0 Å². The molecule has 0 radical (unpaired) electrons. The molecule has 0 amide bonds. The third-order valence-electron chi connectivity index (χ3n) is 2.48. The van der Waals surface area contributed by atoms with Crippen molar-refractivity contribution in [3.8, 4) is 0 Å². The SMILES string of the molecule is CCc1ccc(F)c2c(C(=O)O)c[nH]c12. The number of aromatic nitrogens is 1. The van der Waals surface area contributed by atoms with Gasteiger partial charge in [0.1, 0.15) is 5.82 Å². The Morgan fingerprint density at radius 2 is 2.27 bits per heavy atom. The van der Waals surface area contributed by atoms with Crippen LogP contribution in [0.3, 0.4) is 0 Å². The van der Waals surface area contributed by atoms with E-state index in [1.807, 2.05) is 6.92 Å². The maximum Gasteiger partial charge on any atom is 0.337 e. The number of halogens is 1. The fraction of sp³-hybridized carbons (Fsp3) is 0.182. The van der Waals surface area contributed by atoms with Crippen molar-refractivity contribution < 1.29 is 14.3 Å². The number of hydrogen-bond acceptors (Lipinski definition) is 1. The summed E-state index contributed by atoms with van der Waals surface area (Å²) < 4.78 is 13.5. The Morgan fingerprint density at radius 1 is 1.53 bits per heavy atom. The molecular formula is C11H10FNO2. The number of nitrogens with one attached hydrogen (secondary N) is 1. The zero-order valence-corrected chi connectivity index (χ0v) is 8.17. The minimum Gasteiger partial charge on any atom is -0.478 e. The van der Waals surface area contributed by atoms with E-state index in [1.165, 1.54) is 12.3 Å². The maximum atomic E-state index is 13.5. The lowest BCUT2D eigenvalue weighted by Gasteiger charge is -2.00. The zero-order chi connectivity index (χ0) is 11.0. The summed E-state index contributed by atoms with van der Waals surface area (Å²) in [5, 5.41) is 9.04. The summed E-state index contributed by atoms with van der Waals surface area (Å²) in [6.45, 7) is 1.94. The summed E-state index contributed by atoms with van der Waals surface area (Å²) in [4.78, 5) is 13.7. The number of carboxylic acids is 1. The first-order valence-corrected chi connectivity index (χ1v) is 4.67. The van der Waals surface area contributed by atoms with E-state index in [4.69, 9.17) is 5.11 Å². The van der Waals surface area contributed by atoms with E-state index in [1.54, 1.807) is 6.07 Å². The highest BCUT2D eigenvalue weighted by atomic mass is 19.1. The van der Waals surface area contributed by atoms with Crippen molar-refractivity contribution >= 4 is 16.9 Å². The molecule has 0 aliphatic heterocycles. The van der Waals surface area contributed by atoms with Gasteiger partial charge < -0.3 is 10.1 Å². The standard InChI is InChI=1S/C11H10FNO2/c1-2-6-3-4-8(12)9-7(11(14)15)5-13-10(6)9/h3-5,13H,2H2,1H3,(H,14,15). The Hall–Kier alpha value is -1.84. The van der Waals surface area contributed by atoms with Crippen molar-refractivity contribution in [1.29, 1.82) is 0 Å². The molecule has 2 aromatic rings. The molecule has 3 nitrogen and oxygen atoms in total. The summed E-state index contributed by atoms with van der Waals surface area (Å²) in [5.74, 6) is -1.62. The van der Waals surface area contributed by atoms with Gasteiger partial charge in [0.2, 0.25) is 0 Å². The summed E-state index contributed by atoms with van der Waals surface area (Å²) in [6.07, 6.45) is 2.06. The third kappa shape index (κ3) is 1.38. The Bertz CT molecular complexity index is 531. The number of benzene rings is 1. The van der Waals surface area contributed by atoms with Crippen molar-refractivity contribution in [3.63, 3.8) is 0 Å². The molecule has 0 saturated carbocycles. The number of rotatable bonds is 2. The topological polar surface area (TPSA) is 53.1 Å². The lowest BCUT2D eigenvalue weighted by atomic mass is 10.1. The van der Waals surface area contributed by atoms with Crippen molar-refractivity contribution in [3.05, 3.63) is 35.3 Å². The van der Waals surface area contributed by atoms with Crippen LogP contribution in [0.4, 0.5) is 4.39 Å². The third-order valence-corrected chi connectivity index (χ3v) is 2.48. The van der Waals surface area contributed by atoms with Gasteiger partial charge in [-0.1, -0.05) is 13.0 Å². The molecule has 1 aromatic heterocycles. The van der Waals surface area contributed by atoms with Crippen LogP contribution < -0.4 is 0 Å². The van der Waals surface area contributed by atoms with Crippen molar-refractivity contribution in [2.24, 2.45) is 0 Å². The minimum absolute atomic E-state index is 0.0159. The van der Waals surface area contributed by atoms with Gasteiger partial charge in [0.25, 0.3) is 0 Å². The van der Waals surface area contributed by atoms with Crippen LogP contribution in [0.15, 0.2) is 18.3 Å². The fourth-order valence-electron chi connectivity index (χ4n) is 1.73. The molecule has 0 spiro atoms. The summed E-state index contributed by atoms with van der Waals surface area (Å²) >= 11 is 0. The van der Waals surface area contributed by atoms with E-state index in [0.717, 1.165) is 12.0 Å². The van der Waals surface area contributed by atoms with Gasteiger partial charge in [0.15, 0.2) is 0 Å². The van der Waals surface area contributed by atoms with E-state index in [9.17, 15) is 9.18 Å². The van der Waals surface area contributed by atoms with Crippen LogP contribution in [0.2, 0.25) is 0 Å². The predicted octanol–water partition coefficient (Wildman–Crippen LogP) is 2.57. The quantitative estimate of drug-likeness (QED) is 0.795. The second-order valence-electron chi connectivity index (χ2n) is 3.32. The number of carboxylic acid groups (broad SMARTS) is 1. The number of aryl methyl sites for hydroxylation is 1. The molecule has 2 N–H and O–H groups in total. The Labute approximate surface area is 85.5 Å². The zero-order valence-electron chi connectivity index (χ0n) is 8.17. The van der Waals surface area contributed by atoms with Crippen LogP contribution in [0, 0.1) is 5.82 Å². The molecule has 0 aliphatic carbocycles. The second-order valence-corrected chi connectivity index (χ2v) is 3.32. The van der Waals surface area contributed by atoms with Gasteiger partial charge in [0, 0.05) is 11.6 Å². The smallest absolute Gasteiger partial charge is 0.337 e. The normalized spacial score (nSPS) is 10.8. The van der Waals surface area contributed by atoms with Gasteiger partial charge in [0.05, 0.1) is 11.1 Å². The minimum atomic E-state index is -1.12. The molecule has 2 rings (SSSR count). The predicted molar refractivity (Wildman–Crippen MR) is 54.6 cm³/mol. The van der Waals surface area contributed by atoms with Gasteiger partial charge in [-0.15, -0.1) is 0 Å². The molecule has 0 bridgehead atoms. The fourth-order valence-corrected chi connectivity index (χ4v) is 1.73. The highest BCUT2D eigenvalue weighted by molar-refractivity contribution is 6.04. The van der Waals surface area contributed by atoms with Gasteiger partial charge in [-0.05, 0) is 18.1 Å². The second kappa shape index (κ2) is 3.38. The highest BCUT2D eigenvalue weighted by Crippen LogP contribution is 2.25. The van der Waals surface area contributed by atoms with Gasteiger partial charge in [-0.25, -0.2) is 9.18 Å². The number of fused-ring (bicyclic) bond motifs is 1. The largest absolute Gasteiger partial charge is 0.478 e. The van der Waals surface area contributed by atoms with Crippen LogP contribution in [-0.4, -0.2) is 16.1 Å². The van der Waals surface area contributed by atoms with Crippen LogP contribution in [0.1, 0.15) is 22.8 Å². The highest BCUT2D eigenvalue weighted by Gasteiger charge is 2.15. The molecule has 0 aliphatic rings. The Kier molecular flexibility index (Phi) is 2.19. The summed E-state index contributed by atoms with van der Waals surface area (Å²) in [7, 11) is 0. The van der Waals surface area contributed by atoms with E-state index in [-0.39, 0.29) is 10.9 Å². The monoisotopic (exact) mass is 207 g/mol. The number of aromatic amines is 1. The lowest BCUT2D eigenvalue weighted by molar-refractivity contribution is 0.0699.